The molecule has 0 aliphatic carbocycles. The van der Waals surface area contributed by atoms with Gasteiger partial charge in [-0.25, -0.2) is 0 Å². The third-order valence-electron chi connectivity index (χ3n) is 4.21. The summed E-state index contributed by atoms with van der Waals surface area (Å²) in [6.07, 6.45) is -0.524. The van der Waals surface area contributed by atoms with Crippen molar-refractivity contribution in [1.82, 2.24) is 5.16 Å². The van der Waals surface area contributed by atoms with E-state index in [-0.39, 0.29) is 11.9 Å². The van der Waals surface area contributed by atoms with Gasteiger partial charge in [0.2, 0.25) is 0 Å². The fourth-order valence-electron chi connectivity index (χ4n) is 2.76. The van der Waals surface area contributed by atoms with E-state index < -0.39 is 6.10 Å². The van der Waals surface area contributed by atoms with Crippen LogP contribution in [0.5, 0.6) is 5.75 Å². The summed E-state index contributed by atoms with van der Waals surface area (Å²) in [6.45, 7) is 7.80. The number of nitrogens with zero attached hydrogens (tertiary/aromatic N) is 2. The Kier molecular flexibility index (Phi) is 3.85. The summed E-state index contributed by atoms with van der Waals surface area (Å²) in [7, 11) is 0. The van der Waals surface area contributed by atoms with Gasteiger partial charge in [0, 0.05) is 11.6 Å². The number of nitrogens with two attached hydrogens (primary N) is 1. The van der Waals surface area contributed by atoms with E-state index >= 15 is 0 Å². The number of anilines is 1. The van der Waals surface area contributed by atoms with Crippen LogP contribution in [0, 0.1) is 13.8 Å². The summed E-state index contributed by atoms with van der Waals surface area (Å²) in [5.41, 5.74) is 9.38. The predicted octanol–water partition coefficient (Wildman–Crippen LogP) is 2.63. The average molecular weight is 315 g/mol. The molecular formula is C17H21N3O3. The number of carbonyl (C=O) groups excluding carboxylic acids is 1. The van der Waals surface area contributed by atoms with Crippen molar-refractivity contribution in [1.29, 1.82) is 0 Å². The molecule has 0 spiro atoms. The minimum Gasteiger partial charge on any atom is -0.479 e. The molecule has 2 unspecified atom stereocenters. The van der Waals surface area contributed by atoms with Crippen LogP contribution in [0.3, 0.4) is 0 Å². The van der Waals surface area contributed by atoms with E-state index in [0.717, 1.165) is 28.3 Å². The molecule has 6 nitrogen and oxygen atoms in total. The van der Waals surface area contributed by atoms with E-state index in [1.54, 1.807) is 11.8 Å². The summed E-state index contributed by atoms with van der Waals surface area (Å²) in [5, 5.41) is 3.96. The third kappa shape index (κ3) is 2.70. The van der Waals surface area contributed by atoms with Crippen molar-refractivity contribution in [2.24, 2.45) is 5.73 Å². The first-order valence-corrected chi connectivity index (χ1v) is 7.67. The minimum atomic E-state index is -0.524. The van der Waals surface area contributed by atoms with Gasteiger partial charge in [-0.05, 0) is 45.4 Å². The number of hydrogen-bond acceptors (Lipinski definition) is 5. The lowest BCUT2D eigenvalue weighted by Crippen LogP contribution is -2.44. The van der Waals surface area contributed by atoms with Crippen molar-refractivity contribution in [3.8, 4) is 5.75 Å². The Labute approximate surface area is 135 Å². The van der Waals surface area contributed by atoms with Gasteiger partial charge in [0.1, 0.15) is 11.5 Å². The molecule has 1 aromatic carbocycles. The molecule has 1 aliphatic heterocycles. The molecule has 23 heavy (non-hydrogen) atoms. The summed E-state index contributed by atoms with van der Waals surface area (Å²) in [5.74, 6) is 1.33. The van der Waals surface area contributed by atoms with Crippen LogP contribution in [0.25, 0.3) is 0 Å². The zero-order valence-electron chi connectivity index (χ0n) is 13.8. The van der Waals surface area contributed by atoms with Crippen molar-refractivity contribution in [3.05, 3.63) is 40.8 Å². The van der Waals surface area contributed by atoms with Gasteiger partial charge in [0.05, 0.1) is 17.9 Å². The Morgan fingerprint density at radius 2 is 2.13 bits per heavy atom. The molecule has 1 amide bonds. The Balaban J connectivity index is 2.05. The van der Waals surface area contributed by atoms with Gasteiger partial charge in [0.25, 0.3) is 5.91 Å². The number of fused-ring (bicyclic) bond motifs is 1. The highest BCUT2D eigenvalue weighted by molar-refractivity contribution is 5.99. The van der Waals surface area contributed by atoms with E-state index in [4.69, 9.17) is 15.0 Å². The van der Waals surface area contributed by atoms with Crippen molar-refractivity contribution in [2.75, 3.05) is 4.90 Å². The van der Waals surface area contributed by atoms with Crippen LogP contribution in [0.1, 0.15) is 42.5 Å². The van der Waals surface area contributed by atoms with Crippen LogP contribution < -0.4 is 15.4 Å². The average Bonchev–Trinajstić information content (AvgIpc) is 2.82. The molecule has 2 atom stereocenters. The van der Waals surface area contributed by atoms with Crippen LogP contribution in [0.4, 0.5) is 5.69 Å². The summed E-state index contributed by atoms with van der Waals surface area (Å²) >= 11 is 0. The van der Waals surface area contributed by atoms with Crippen LogP contribution in [0.15, 0.2) is 22.7 Å². The smallest absolute Gasteiger partial charge is 0.268 e. The molecule has 0 saturated heterocycles. The first kappa shape index (κ1) is 15.6. The maximum absolute atomic E-state index is 12.6. The Morgan fingerprint density at radius 3 is 2.74 bits per heavy atom. The number of rotatable bonds is 3. The summed E-state index contributed by atoms with van der Waals surface area (Å²) < 4.78 is 10.9. The second-order valence-corrected chi connectivity index (χ2v) is 6.00. The Morgan fingerprint density at radius 1 is 1.39 bits per heavy atom. The van der Waals surface area contributed by atoms with E-state index in [1.165, 1.54) is 0 Å². The number of aryl methyl sites for hydroxylation is 2. The normalized spacial score (nSPS) is 18.6. The predicted molar refractivity (Wildman–Crippen MR) is 86.3 cm³/mol. The number of carbonyl (C=O) groups is 1. The standard InChI is InChI=1S/C17H21N3O3/c1-9(18)13-5-6-16-15(7-13)20(17(21)12(4)22-16)8-14-10(2)19-23-11(14)3/h5-7,9,12H,8,18H2,1-4H3. The largest absolute Gasteiger partial charge is 0.479 e. The van der Waals surface area contributed by atoms with Gasteiger partial charge in [-0.15, -0.1) is 0 Å². The topological polar surface area (TPSA) is 81.6 Å². The second kappa shape index (κ2) is 5.70. The zero-order valence-corrected chi connectivity index (χ0v) is 13.8. The lowest BCUT2D eigenvalue weighted by Gasteiger charge is -2.33. The fraction of sp³-hybridized carbons (Fsp3) is 0.412. The van der Waals surface area contributed by atoms with E-state index in [2.05, 4.69) is 5.16 Å². The van der Waals surface area contributed by atoms with Crippen LogP contribution in [-0.4, -0.2) is 17.2 Å². The summed E-state index contributed by atoms with van der Waals surface area (Å²) in [6, 6.07) is 5.61. The molecule has 0 saturated carbocycles. The van der Waals surface area contributed by atoms with Gasteiger partial charge >= 0.3 is 0 Å². The summed E-state index contributed by atoms with van der Waals surface area (Å²) in [4.78, 5) is 14.4. The lowest BCUT2D eigenvalue weighted by atomic mass is 10.0. The molecule has 1 aromatic heterocycles. The van der Waals surface area contributed by atoms with Crippen molar-refractivity contribution in [2.45, 2.75) is 46.4 Å². The van der Waals surface area contributed by atoms with E-state index in [0.29, 0.717) is 12.3 Å². The minimum absolute atomic E-state index is 0.0840. The van der Waals surface area contributed by atoms with Crippen LogP contribution >= 0.6 is 0 Å². The number of ether oxygens (including phenoxy) is 1. The van der Waals surface area contributed by atoms with E-state index in [9.17, 15) is 4.79 Å². The highest BCUT2D eigenvalue weighted by Crippen LogP contribution is 2.37. The monoisotopic (exact) mass is 315 g/mol. The molecule has 0 fully saturated rings. The van der Waals surface area contributed by atoms with Gasteiger partial charge in [-0.2, -0.15) is 0 Å². The molecule has 2 N–H and O–H groups in total. The first-order chi connectivity index (χ1) is 10.9. The molecule has 2 aromatic rings. The van der Waals surface area contributed by atoms with Crippen molar-refractivity contribution < 1.29 is 14.1 Å². The fourth-order valence-corrected chi connectivity index (χ4v) is 2.76. The second-order valence-electron chi connectivity index (χ2n) is 6.00. The van der Waals surface area contributed by atoms with Gasteiger partial charge < -0.3 is 19.9 Å². The maximum atomic E-state index is 12.6. The van der Waals surface area contributed by atoms with Crippen molar-refractivity contribution >= 4 is 11.6 Å². The first-order valence-electron chi connectivity index (χ1n) is 7.67. The SMILES string of the molecule is Cc1noc(C)c1CN1C(=O)C(C)Oc2ccc(C(C)N)cc21. The van der Waals surface area contributed by atoms with Crippen LogP contribution in [0.2, 0.25) is 0 Å². The third-order valence-corrected chi connectivity index (χ3v) is 4.21. The molecule has 3 rings (SSSR count). The molecule has 6 heteroatoms. The molecule has 0 radical (unpaired) electrons. The number of aromatic nitrogens is 1. The van der Waals surface area contributed by atoms with Crippen LogP contribution in [-0.2, 0) is 11.3 Å². The number of amides is 1. The molecule has 0 bridgehead atoms. The number of hydrogen-bond donors (Lipinski definition) is 1. The zero-order chi connectivity index (χ0) is 16.7. The molecular weight excluding hydrogens is 294 g/mol. The Bertz CT molecular complexity index is 732. The Hall–Kier alpha value is -2.34. The molecule has 2 heterocycles. The highest BCUT2D eigenvalue weighted by Gasteiger charge is 2.33. The van der Waals surface area contributed by atoms with Crippen molar-refractivity contribution in [3.63, 3.8) is 0 Å². The lowest BCUT2D eigenvalue weighted by molar-refractivity contribution is -0.125. The van der Waals surface area contributed by atoms with Gasteiger partial charge in [0.15, 0.2) is 6.10 Å². The number of benzene rings is 1. The molecule has 1 aliphatic rings. The van der Waals surface area contributed by atoms with Gasteiger partial charge in [-0.1, -0.05) is 11.2 Å². The van der Waals surface area contributed by atoms with E-state index in [1.807, 2.05) is 39.0 Å². The molecule has 122 valence electrons. The quantitative estimate of drug-likeness (QED) is 0.941. The van der Waals surface area contributed by atoms with Gasteiger partial charge in [-0.3, -0.25) is 4.79 Å². The highest BCUT2D eigenvalue weighted by atomic mass is 16.5. The maximum Gasteiger partial charge on any atom is 0.268 e.